The first kappa shape index (κ1) is 13.1. The minimum Gasteiger partial charge on any atom is -0.369 e. The number of aromatic nitrogens is 4. The Labute approximate surface area is 121 Å². The second-order valence-electron chi connectivity index (χ2n) is 5.01. The Kier molecular flexibility index (Phi) is 3.64. The largest absolute Gasteiger partial charge is 0.369 e. The molecule has 0 aliphatic carbocycles. The van der Waals surface area contributed by atoms with E-state index in [2.05, 4.69) is 40.3 Å². The fraction of sp³-hybridized carbons (Fsp3) is 0.357. The van der Waals surface area contributed by atoms with Gasteiger partial charge in [0.05, 0.1) is 5.39 Å². The summed E-state index contributed by atoms with van der Waals surface area (Å²) >= 11 is 1.70. The second-order valence-corrected chi connectivity index (χ2v) is 6.25. The number of aryl methyl sites for hydroxylation is 1. The van der Waals surface area contributed by atoms with Gasteiger partial charge >= 0.3 is 0 Å². The quantitative estimate of drug-likeness (QED) is 0.784. The molecule has 0 saturated carbocycles. The fourth-order valence-electron chi connectivity index (χ4n) is 2.18. The van der Waals surface area contributed by atoms with E-state index in [0.29, 0.717) is 5.92 Å². The number of rotatable bonds is 5. The zero-order chi connectivity index (χ0) is 13.9. The third kappa shape index (κ3) is 2.80. The summed E-state index contributed by atoms with van der Waals surface area (Å²) in [5, 5.41) is 8.77. The first-order chi connectivity index (χ1) is 9.72. The number of anilines is 1. The van der Waals surface area contributed by atoms with Crippen molar-refractivity contribution in [2.75, 3.05) is 11.9 Å². The molecule has 0 amide bonds. The Morgan fingerprint density at radius 1 is 1.40 bits per heavy atom. The highest BCUT2D eigenvalue weighted by molar-refractivity contribution is 7.18. The molecular formula is C14H17N5S. The van der Waals surface area contributed by atoms with Gasteiger partial charge in [-0.05, 0) is 25.0 Å². The number of hydrogen-bond donors (Lipinski definition) is 1. The van der Waals surface area contributed by atoms with E-state index >= 15 is 0 Å². The molecule has 0 bridgehead atoms. The summed E-state index contributed by atoms with van der Waals surface area (Å²) in [6.07, 6.45) is 5.42. The van der Waals surface area contributed by atoms with Crippen molar-refractivity contribution < 1.29 is 0 Å². The van der Waals surface area contributed by atoms with Gasteiger partial charge in [-0.1, -0.05) is 6.92 Å². The summed E-state index contributed by atoms with van der Waals surface area (Å²) < 4.78 is 1.96. The lowest BCUT2D eigenvalue weighted by atomic mass is 10.2. The van der Waals surface area contributed by atoms with Crippen LogP contribution in [0, 0.1) is 12.8 Å². The molecule has 0 aliphatic rings. The van der Waals surface area contributed by atoms with Gasteiger partial charge < -0.3 is 5.32 Å². The minimum atomic E-state index is 0.472. The van der Waals surface area contributed by atoms with Crippen LogP contribution in [0.15, 0.2) is 30.9 Å². The lowest BCUT2D eigenvalue weighted by Crippen LogP contribution is -2.18. The van der Waals surface area contributed by atoms with Crippen molar-refractivity contribution >= 4 is 27.4 Å². The van der Waals surface area contributed by atoms with Crippen LogP contribution in [-0.2, 0) is 6.54 Å². The average Bonchev–Trinajstić information content (AvgIpc) is 3.04. The molecule has 20 heavy (non-hydrogen) atoms. The number of fused-ring (bicyclic) bond motifs is 1. The van der Waals surface area contributed by atoms with Gasteiger partial charge in [0.25, 0.3) is 0 Å². The van der Waals surface area contributed by atoms with Crippen LogP contribution in [0.2, 0.25) is 0 Å². The zero-order valence-corrected chi connectivity index (χ0v) is 12.4. The van der Waals surface area contributed by atoms with Crippen molar-refractivity contribution in [3.8, 4) is 0 Å². The van der Waals surface area contributed by atoms with Crippen LogP contribution in [0.25, 0.3) is 10.2 Å². The third-order valence-electron chi connectivity index (χ3n) is 3.13. The van der Waals surface area contributed by atoms with Gasteiger partial charge in [0.2, 0.25) is 0 Å². The summed E-state index contributed by atoms with van der Waals surface area (Å²) in [5.74, 6) is 1.39. The van der Waals surface area contributed by atoms with Crippen LogP contribution in [0.4, 0.5) is 5.82 Å². The number of nitrogens with one attached hydrogen (secondary N) is 1. The lowest BCUT2D eigenvalue weighted by molar-refractivity contribution is 0.467. The SMILES string of the molecule is Cc1cc2c(NCC(C)Cn3cccn3)ncnc2s1. The van der Waals surface area contributed by atoms with E-state index in [1.807, 2.05) is 23.1 Å². The summed E-state index contributed by atoms with van der Waals surface area (Å²) in [7, 11) is 0. The summed E-state index contributed by atoms with van der Waals surface area (Å²) in [5.41, 5.74) is 0. The van der Waals surface area contributed by atoms with Gasteiger partial charge in [-0.25, -0.2) is 9.97 Å². The van der Waals surface area contributed by atoms with Gasteiger partial charge in [0.15, 0.2) is 0 Å². The molecule has 3 heterocycles. The van der Waals surface area contributed by atoms with Crippen LogP contribution in [0.3, 0.4) is 0 Å². The van der Waals surface area contributed by atoms with Crippen LogP contribution >= 0.6 is 11.3 Å². The molecule has 3 aromatic heterocycles. The van der Waals surface area contributed by atoms with Crippen molar-refractivity contribution in [2.24, 2.45) is 5.92 Å². The van der Waals surface area contributed by atoms with Crippen LogP contribution in [-0.4, -0.2) is 26.3 Å². The zero-order valence-electron chi connectivity index (χ0n) is 11.6. The van der Waals surface area contributed by atoms with Gasteiger partial charge in [-0.3, -0.25) is 4.68 Å². The molecule has 0 saturated heterocycles. The van der Waals surface area contributed by atoms with E-state index in [1.54, 1.807) is 17.7 Å². The van der Waals surface area contributed by atoms with E-state index in [-0.39, 0.29) is 0 Å². The fourth-order valence-corrected chi connectivity index (χ4v) is 3.03. The smallest absolute Gasteiger partial charge is 0.138 e. The lowest BCUT2D eigenvalue weighted by Gasteiger charge is -2.13. The highest BCUT2D eigenvalue weighted by Gasteiger charge is 2.08. The molecule has 1 unspecified atom stereocenters. The molecule has 1 atom stereocenters. The molecule has 0 aromatic carbocycles. The van der Waals surface area contributed by atoms with Crippen molar-refractivity contribution in [3.05, 3.63) is 35.7 Å². The third-order valence-corrected chi connectivity index (χ3v) is 4.09. The number of thiophene rings is 1. The molecular weight excluding hydrogens is 270 g/mol. The molecule has 0 spiro atoms. The Morgan fingerprint density at radius 3 is 3.10 bits per heavy atom. The molecule has 0 aliphatic heterocycles. The Bertz CT molecular complexity index is 689. The first-order valence-electron chi connectivity index (χ1n) is 6.65. The molecule has 6 heteroatoms. The maximum atomic E-state index is 4.35. The maximum absolute atomic E-state index is 4.35. The van der Waals surface area contributed by atoms with Gasteiger partial charge in [-0.15, -0.1) is 11.3 Å². The predicted octanol–water partition coefficient (Wildman–Crippen LogP) is 2.94. The Hall–Kier alpha value is -1.95. The summed E-state index contributed by atoms with van der Waals surface area (Å²) in [6, 6.07) is 4.09. The Morgan fingerprint density at radius 2 is 2.30 bits per heavy atom. The van der Waals surface area contributed by atoms with E-state index < -0.39 is 0 Å². The van der Waals surface area contributed by atoms with Crippen molar-refractivity contribution in [1.82, 2.24) is 19.7 Å². The predicted molar refractivity (Wildman–Crippen MR) is 82.0 cm³/mol. The normalized spacial score (nSPS) is 12.7. The standard InChI is InChI=1S/C14H17N5S/c1-10(8-19-5-3-4-18-19)7-15-13-12-6-11(2)20-14(12)17-9-16-13/h3-6,9-10H,7-8H2,1-2H3,(H,15,16,17). The monoisotopic (exact) mass is 287 g/mol. The van der Waals surface area contributed by atoms with Crippen LogP contribution in [0.5, 0.6) is 0 Å². The van der Waals surface area contributed by atoms with E-state index in [0.717, 1.165) is 29.1 Å². The molecule has 0 radical (unpaired) electrons. The summed E-state index contributed by atoms with van der Waals surface area (Å²) in [4.78, 5) is 11.0. The van der Waals surface area contributed by atoms with Gasteiger partial charge in [0, 0.05) is 30.4 Å². The molecule has 3 aromatic rings. The molecule has 1 N–H and O–H groups in total. The van der Waals surface area contributed by atoms with Crippen molar-refractivity contribution in [2.45, 2.75) is 20.4 Å². The second kappa shape index (κ2) is 5.58. The highest BCUT2D eigenvalue weighted by Crippen LogP contribution is 2.27. The summed E-state index contributed by atoms with van der Waals surface area (Å²) in [6.45, 7) is 6.06. The Balaban J connectivity index is 1.67. The molecule has 104 valence electrons. The number of hydrogen-bond acceptors (Lipinski definition) is 5. The van der Waals surface area contributed by atoms with E-state index in [4.69, 9.17) is 0 Å². The van der Waals surface area contributed by atoms with Gasteiger partial charge in [0.1, 0.15) is 17.0 Å². The number of nitrogens with zero attached hydrogens (tertiary/aromatic N) is 4. The minimum absolute atomic E-state index is 0.472. The first-order valence-corrected chi connectivity index (χ1v) is 7.46. The molecule has 5 nitrogen and oxygen atoms in total. The topological polar surface area (TPSA) is 55.6 Å². The van der Waals surface area contributed by atoms with Crippen molar-refractivity contribution in [1.29, 1.82) is 0 Å². The highest BCUT2D eigenvalue weighted by atomic mass is 32.1. The maximum Gasteiger partial charge on any atom is 0.138 e. The average molecular weight is 287 g/mol. The van der Waals surface area contributed by atoms with Crippen LogP contribution in [0.1, 0.15) is 11.8 Å². The van der Waals surface area contributed by atoms with Gasteiger partial charge in [-0.2, -0.15) is 5.10 Å². The molecule has 3 rings (SSSR count). The van der Waals surface area contributed by atoms with Crippen molar-refractivity contribution in [3.63, 3.8) is 0 Å². The van der Waals surface area contributed by atoms with E-state index in [1.165, 1.54) is 4.88 Å². The van der Waals surface area contributed by atoms with Crippen LogP contribution < -0.4 is 5.32 Å². The van der Waals surface area contributed by atoms with E-state index in [9.17, 15) is 0 Å². The molecule has 0 fully saturated rings.